The van der Waals surface area contributed by atoms with Crippen LogP contribution in [0.5, 0.6) is 0 Å². The molecule has 2 unspecified atom stereocenters. The molecule has 0 aliphatic rings. The van der Waals surface area contributed by atoms with Gasteiger partial charge in [0.05, 0.1) is 27.7 Å². The number of quaternary nitrogens is 1. The number of hydrogen-bond acceptors (Lipinski definition) is 8. The van der Waals surface area contributed by atoms with Crippen LogP contribution in [0, 0.1) is 0 Å². The van der Waals surface area contributed by atoms with E-state index in [1.807, 2.05) is 21.1 Å². The highest BCUT2D eigenvalue weighted by Crippen LogP contribution is 2.38. The summed E-state index contributed by atoms with van der Waals surface area (Å²) >= 11 is 0. The lowest BCUT2D eigenvalue weighted by Gasteiger charge is -2.28. The topological polar surface area (TPSA) is 111 Å². The number of esters is 2. The number of nitrogens with zero attached hydrogens (tertiary/aromatic N) is 1. The molecule has 94 heavy (non-hydrogen) atoms. The number of unbranched alkanes of at least 4 members (excludes halogenated alkanes) is 17. The zero-order chi connectivity index (χ0) is 68.3. The highest BCUT2D eigenvalue weighted by Gasteiger charge is 2.22. The van der Waals surface area contributed by atoms with Crippen molar-refractivity contribution in [1.29, 1.82) is 0 Å². The molecular weight excluding hydrogens is 1180 g/mol. The van der Waals surface area contributed by atoms with Gasteiger partial charge in [0, 0.05) is 12.8 Å². The van der Waals surface area contributed by atoms with Crippen LogP contribution in [0.1, 0.15) is 258 Å². The molecular formula is C84H134NO8P. The van der Waals surface area contributed by atoms with Gasteiger partial charge in [-0.05, 0) is 148 Å². The number of ether oxygens (including phenoxy) is 2. The molecule has 0 fully saturated rings. The zero-order valence-corrected chi connectivity index (χ0v) is 61.0. The second-order valence-corrected chi connectivity index (χ2v) is 26.2. The monoisotopic (exact) mass is 1320 g/mol. The van der Waals surface area contributed by atoms with Gasteiger partial charge in [-0.2, -0.15) is 0 Å². The molecule has 9 nitrogen and oxygen atoms in total. The van der Waals surface area contributed by atoms with E-state index in [2.05, 4.69) is 220 Å². The van der Waals surface area contributed by atoms with Crippen molar-refractivity contribution in [3.63, 3.8) is 0 Å². The number of hydrogen-bond donors (Lipinski definition) is 0. The van der Waals surface area contributed by atoms with Gasteiger partial charge < -0.3 is 27.9 Å². The summed E-state index contributed by atoms with van der Waals surface area (Å²) < 4.78 is 34.3. The smallest absolute Gasteiger partial charge is 0.306 e. The van der Waals surface area contributed by atoms with Crippen molar-refractivity contribution < 1.29 is 42.1 Å². The summed E-state index contributed by atoms with van der Waals surface area (Å²) in [5.41, 5.74) is 0. The molecule has 0 bridgehead atoms. The SMILES string of the molecule is CC/C=C\C/C=C\C/C=C\C/C=C\C/C=C\C/C=C\C/C=C\C/C=C\C/C=C\C/C=C\CCCCCCC(=O)OC(COC(=O)CCCCCCCCCCCCCCC/C=C\C/C=C\C/C=C\C/C=C\C/C=C\C/C=C\C/C=C\CC)COP(=O)([O-])OCC[N+](C)(C)C. The van der Waals surface area contributed by atoms with E-state index >= 15 is 0 Å². The van der Waals surface area contributed by atoms with Crippen LogP contribution in [-0.2, 0) is 32.7 Å². The molecule has 0 rings (SSSR count). The van der Waals surface area contributed by atoms with Crippen LogP contribution >= 0.6 is 7.82 Å². The first-order valence-corrected chi connectivity index (χ1v) is 38.3. The Hall–Kier alpha value is -5.41. The molecule has 2 atom stereocenters. The van der Waals surface area contributed by atoms with Crippen molar-refractivity contribution in [2.24, 2.45) is 0 Å². The highest BCUT2D eigenvalue weighted by atomic mass is 31.2. The normalized spacial score (nSPS) is 14.3. The van der Waals surface area contributed by atoms with E-state index in [9.17, 15) is 19.0 Å². The lowest BCUT2D eigenvalue weighted by atomic mass is 10.0. The Balaban J connectivity index is 4.17. The second-order valence-electron chi connectivity index (χ2n) is 24.8. The third-order valence-corrected chi connectivity index (χ3v) is 15.8. The number of rotatable bonds is 65. The van der Waals surface area contributed by atoms with Gasteiger partial charge in [0.1, 0.15) is 19.8 Å². The molecule has 0 aliphatic heterocycles. The minimum atomic E-state index is -4.67. The molecule has 0 N–H and O–H groups in total. The fraction of sp³-hybridized carbons (Fsp3) is 0.571. The summed E-state index contributed by atoms with van der Waals surface area (Å²) in [5, 5.41) is 0. The highest BCUT2D eigenvalue weighted by molar-refractivity contribution is 7.45. The standard InChI is InChI=1S/C84H134NO8P/c1-6-8-10-12-14-16-18-20-22-24-26-28-30-32-34-36-38-40-42-44-46-48-50-52-54-56-58-60-62-64-66-68-70-72-74-76-83(86)90-80-82(81-92-94(88,89)91-79-78-85(3,4)5)93-84(87)77-75-73-71-69-67-65-63-61-59-57-55-53-51-49-47-45-43-41-39-37-35-33-31-29-27-25-23-21-19-17-15-13-11-9-7-2/h8-11,14-17,20-23,26-29,32-35,38-41,44-47,51,53,57,59,63,65,82H,6-7,12-13,18-19,24-25,30-31,36-37,42-43,48-50,52,54-56,58,60-62,64,66-81H2,1-5H3/b10-8-,11-9-,16-14-,17-15-,22-20-,23-21-,28-26-,29-27-,34-32-,35-33-,40-38-,41-39-,46-44-,47-45-,53-51-,59-57-,65-63-. The predicted molar refractivity (Wildman–Crippen MR) is 405 cm³/mol. The average molecular weight is 1320 g/mol. The summed E-state index contributed by atoms with van der Waals surface area (Å²) in [6, 6.07) is 0. The first-order valence-electron chi connectivity index (χ1n) is 36.8. The molecule has 0 saturated heterocycles. The molecule has 0 aromatic heterocycles. The van der Waals surface area contributed by atoms with E-state index in [1.165, 1.54) is 64.2 Å². The number of carbonyl (C=O) groups is 2. The van der Waals surface area contributed by atoms with Crippen molar-refractivity contribution in [1.82, 2.24) is 0 Å². The summed E-state index contributed by atoms with van der Waals surface area (Å²) in [7, 11) is 1.12. The number of phosphoric ester groups is 1. The summed E-state index contributed by atoms with van der Waals surface area (Å²) in [5.74, 6) is -0.876. The van der Waals surface area contributed by atoms with Crippen LogP contribution in [0.4, 0.5) is 0 Å². The molecule has 528 valence electrons. The Kier molecular flexibility index (Phi) is 67.7. The Morgan fingerprint density at radius 2 is 0.574 bits per heavy atom. The van der Waals surface area contributed by atoms with Crippen LogP contribution in [0.15, 0.2) is 207 Å². The van der Waals surface area contributed by atoms with Gasteiger partial charge in [0.2, 0.25) is 0 Å². The number of allylic oxidation sites excluding steroid dienone is 34. The van der Waals surface area contributed by atoms with Crippen LogP contribution in [0.25, 0.3) is 0 Å². The molecule has 0 radical (unpaired) electrons. The lowest BCUT2D eigenvalue weighted by Crippen LogP contribution is -2.37. The summed E-state index contributed by atoms with van der Waals surface area (Å²) in [6.45, 7) is 3.96. The molecule has 0 aliphatic carbocycles. The quantitative estimate of drug-likeness (QED) is 0.0195. The van der Waals surface area contributed by atoms with Gasteiger partial charge in [0.15, 0.2) is 6.10 Å². The molecule has 0 heterocycles. The lowest BCUT2D eigenvalue weighted by molar-refractivity contribution is -0.870. The molecule has 0 aromatic carbocycles. The molecule has 0 amide bonds. The van der Waals surface area contributed by atoms with E-state index in [1.54, 1.807) is 0 Å². The van der Waals surface area contributed by atoms with Crippen molar-refractivity contribution in [3.05, 3.63) is 207 Å². The Bertz CT molecular complexity index is 2340. The summed E-state index contributed by atoms with van der Waals surface area (Å²) in [6.07, 6.45) is 113. The minimum absolute atomic E-state index is 0.0472. The number of likely N-dealkylation sites (N-methyl/N-ethyl adjacent to an activating group) is 1. The third-order valence-electron chi connectivity index (χ3n) is 14.8. The van der Waals surface area contributed by atoms with Crippen LogP contribution < -0.4 is 4.89 Å². The van der Waals surface area contributed by atoms with Gasteiger partial charge in [-0.15, -0.1) is 0 Å². The zero-order valence-electron chi connectivity index (χ0n) is 60.1. The van der Waals surface area contributed by atoms with Crippen LogP contribution in [0.3, 0.4) is 0 Å². The van der Waals surface area contributed by atoms with Gasteiger partial charge >= 0.3 is 11.9 Å². The van der Waals surface area contributed by atoms with Crippen molar-refractivity contribution >= 4 is 19.8 Å². The van der Waals surface area contributed by atoms with Crippen LogP contribution in [-0.4, -0.2) is 70.0 Å². The average Bonchev–Trinajstić information content (AvgIpc) is 1.68. The fourth-order valence-corrected chi connectivity index (χ4v) is 9.98. The first kappa shape index (κ1) is 88.6. The number of phosphoric acid groups is 1. The van der Waals surface area contributed by atoms with E-state index < -0.39 is 32.5 Å². The Morgan fingerprint density at radius 3 is 0.851 bits per heavy atom. The fourth-order valence-electron chi connectivity index (χ4n) is 9.25. The number of carbonyl (C=O) groups excluding carboxylic acids is 2. The molecule has 0 saturated carbocycles. The van der Waals surface area contributed by atoms with Gasteiger partial charge in [-0.25, -0.2) is 0 Å². The van der Waals surface area contributed by atoms with Crippen molar-refractivity contribution in [2.45, 2.75) is 264 Å². The van der Waals surface area contributed by atoms with E-state index in [0.717, 1.165) is 154 Å². The Morgan fingerprint density at radius 1 is 0.330 bits per heavy atom. The van der Waals surface area contributed by atoms with Gasteiger partial charge in [-0.1, -0.05) is 304 Å². The maximum absolute atomic E-state index is 12.9. The first-order chi connectivity index (χ1) is 46.0. The Labute approximate surface area is 576 Å². The van der Waals surface area contributed by atoms with E-state index in [0.29, 0.717) is 23.9 Å². The van der Waals surface area contributed by atoms with Crippen molar-refractivity contribution in [3.8, 4) is 0 Å². The van der Waals surface area contributed by atoms with E-state index in [4.69, 9.17) is 18.5 Å². The second kappa shape index (κ2) is 71.9. The largest absolute Gasteiger partial charge is 0.756 e. The van der Waals surface area contributed by atoms with Gasteiger partial charge in [0.25, 0.3) is 7.82 Å². The molecule has 0 spiro atoms. The third kappa shape index (κ3) is 75.6. The maximum Gasteiger partial charge on any atom is 0.306 e. The van der Waals surface area contributed by atoms with Crippen molar-refractivity contribution in [2.75, 3.05) is 47.5 Å². The molecule has 10 heteroatoms. The van der Waals surface area contributed by atoms with Gasteiger partial charge in [-0.3, -0.25) is 14.2 Å². The predicted octanol–water partition coefficient (Wildman–Crippen LogP) is 24.0. The minimum Gasteiger partial charge on any atom is -0.756 e. The van der Waals surface area contributed by atoms with Crippen LogP contribution in [0.2, 0.25) is 0 Å². The molecule has 0 aromatic rings. The maximum atomic E-state index is 12.9. The van der Waals surface area contributed by atoms with E-state index in [-0.39, 0.29) is 26.1 Å². The summed E-state index contributed by atoms with van der Waals surface area (Å²) in [4.78, 5) is 38.1.